The van der Waals surface area contributed by atoms with Gasteiger partial charge < -0.3 is 10.5 Å². The summed E-state index contributed by atoms with van der Waals surface area (Å²) >= 11 is 0. The largest absolute Gasteiger partial charge is 0.461 e. The second-order valence-electron chi connectivity index (χ2n) is 6.71. The minimum Gasteiger partial charge on any atom is -0.461 e. The number of hydrogen-bond donors (Lipinski definition) is 1. The Labute approximate surface area is 105 Å². The maximum Gasteiger partial charge on any atom is 0.326 e. The lowest BCUT2D eigenvalue weighted by Crippen LogP contribution is -2.48. The van der Waals surface area contributed by atoms with Crippen LogP contribution in [-0.2, 0) is 9.53 Å². The van der Waals surface area contributed by atoms with Crippen molar-refractivity contribution in [2.24, 2.45) is 17.1 Å². The molecule has 0 bridgehead atoms. The number of carbonyl (C=O) groups is 1. The van der Waals surface area contributed by atoms with Crippen LogP contribution in [0, 0.1) is 11.3 Å². The number of hydrogen-bond acceptors (Lipinski definition) is 3. The third-order valence-corrected chi connectivity index (χ3v) is 3.82. The first-order chi connectivity index (χ1) is 7.66. The number of rotatable bonds is 3. The van der Waals surface area contributed by atoms with Crippen molar-refractivity contribution < 1.29 is 9.53 Å². The van der Waals surface area contributed by atoms with Crippen molar-refractivity contribution in [1.82, 2.24) is 0 Å². The highest BCUT2D eigenvalue weighted by molar-refractivity contribution is 5.80. The van der Waals surface area contributed by atoms with Gasteiger partial charge in [-0.25, -0.2) is 0 Å². The lowest BCUT2D eigenvalue weighted by atomic mass is 9.71. The van der Waals surface area contributed by atoms with Gasteiger partial charge in [-0.1, -0.05) is 27.7 Å². The molecule has 3 nitrogen and oxygen atoms in total. The Balaban J connectivity index is 2.60. The van der Waals surface area contributed by atoms with Crippen molar-refractivity contribution in [3.8, 4) is 0 Å². The Bertz CT molecular complexity index is 284. The molecule has 0 aromatic rings. The molecule has 0 radical (unpaired) electrons. The molecule has 3 heteroatoms. The van der Waals surface area contributed by atoms with Crippen LogP contribution in [0.3, 0.4) is 0 Å². The molecule has 0 aliphatic heterocycles. The topological polar surface area (TPSA) is 52.3 Å². The molecule has 3 unspecified atom stereocenters. The Morgan fingerprint density at radius 1 is 1.47 bits per heavy atom. The van der Waals surface area contributed by atoms with Gasteiger partial charge in [-0.15, -0.1) is 0 Å². The summed E-state index contributed by atoms with van der Waals surface area (Å²) in [6.45, 7) is 10.4. The second kappa shape index (κ2) is 4.97. The zero-order valence-corrected chi connectivity index (χ0v) is 11.9. The first-order valence-electron chi connectivity index (χ1n) is 6.66. The first kappa shape index (κ1) is 14.5. The monoisotopic (exact) mass is 241 g/mol. The van der Waals surface area contributed by atoms with Crippen LogP contribution in [0.5, 0.6) is 0 Å². The lowest BCUT2D eigenvalue weighted by Gasteiger charge is -2.39. The SMILES string of the molecule is CCC(C)(N)C(=O)OC1CC(C)CC(C)(C)C1. The van der Waals surface area contributed by atoms with Crippen molar-refractivity contribution in [1.29, 1.82) is 0 Å². The molecule has 0 spiro atoms. The molecule has 1 saturated carbocycles. The van der Waals surface area contributed by atoms with Gasteiger partial charge >= 0.3 is 5.97 Å². The normalized spacial score (nSPS) is 31.6. The fourth-order valence-corrected chi connectivity index (χ4v) is 2.78. The summed E-state index contributed by atoms with van der Waals surface area (Å²) in [4.78, 5) is 11.9. The molecule has 1 aliphatic rings. The van der Waals surface area contributed by atoms with Gasteiger partial charge in [0.05, 0.1) is 0 Å². The summed E-state index contributed by atoms with van der Waals surface area (Å²) in [5, 5.41) is 0. The van der Waals surface area contributed by atoms with Gasteiger partial charge in [0.2, 0.25) is 0 Å². The molecule has 0 amide bonds. The van der Waals surface area contributed by atoms with E-state index in [1.165, 1.54) is 6.42 Å². The standard InChI is InChI=1S/C14H27NO2/c1-6-14(5,15)12(16)17-11-7-10(2)8-13(3,4)9-11/h10-11H,6-9,15H2,1-5H3. The average Bonchev–Trinajstić information content (AvgIpc) is 2.14. The number of carbonyl (C=O) groups excluding carboxylic acids is 1. The van der Waals surface area contributed by atoms with Gasteiger partial charge in [-0.05, 0) is 43.9 Å². The molecule has 3 atom stereocenters. The molecule has 100 valence electrons. The highest BCUT2D eigenvalue weighted by atomic mass is 16.5. The van der Waals surface area contributed by atoms with Gasteiger partial charge in [0.15, 0.2) is 0 Å². The van der Waals surface area contributed by atoms with Crippen LogP contribution >= 0.6 is 0 Å². The molecular formula is C14H27NO2. The van der Waals surface area contributed by atoms with Gasteiger partial charge in [0.25, 0.3) is 0 Å². The van der Waals surface area contributed by atoms with E-state index < -0.39 is 5.54 Å². The number of nitrogens with two attached hydrogens (primary N) is 1. The fourth-order valence-electron chi connectivity index (χ4n) is 2.78. The Hall–Kier alpha value is -0.570. The zero-order chi connectivity index (χ0) is 13.3. The molecule has 1 fully saturated rings. The Kier molecular flexibility index (Phi) is 4.23. The van der Waals surface area contributed by atoms with Gasteiger partial charge in [-0.3, -0.25) is 4.79 Å². The molecular weight excluding hydrogens is 214 g/mol. The van der Waals surface area contributed by atoms with Crippen molar-refractivity contribution in [3.63, 3.8) is 0 Å². The van der Waals surface area contributed by atoms with Crippen LogP contribution in [0.1, 0.15) is 60.3 Å². The van der Waals surface area contributed by atoms with E-state index in [4.69, 9.17) is 10.5 Å². The van der Waals surface area contributed by atoms with Crippen LogP contribution < -0.4 is 5.73 Å². The zero-order valence-electron chi connectivity index (χ0n) is 11.9. The van der Waals surface area contributed by atoms with Crippen molar-refractivity contribution in [3.05, 3.63) is 0 Å². The maximum atomic E-state index is 11.9. The summed E-state index contributed by atoms with van der Waals surface area (Å²) < 4.78 is 5.59. The second-order valence-corrected chi connectivity index (χ2v) is 6.71. The van der Waals surface area contributed by atoms with E-state index >= 15 is 0 Å². The smallest absolute Gasteiger partial charge is 0.326 e. The quantitative estimate of drug-likeness (QED) is 0.773. The van der Waals surface area contributed by atoms with E-state index in [-0.39, 0.29) is 17.5 Å². The Morgan fingerprint density at radius 2 is 2.06 bits per heavy atom. The van der Waals surface area contributed by atoms with E-state index in [2.05, 4.69) is 20.8 Å². The predicted molar refractivity (Wildman–Crippen MR) is 69.6 cm³/mol. The Morgan fingerprint density at radius 3 is 2.53 bits per heavy atom. The molecule has 0 aromatic heterocycles. The third kappa shape index (κ3) is 3.98. The molecule has 0 heterocycles. The average molecular weight is 241 g/mol. The number of esters is 1. The van der Waals surface area contributed by atoms with E-state index in [9.17, 15) is 4.79 Å². The minimum atomic E-state index is -0.842. The minimum absolute atomic E-state index is 0.0377. The van der Waals surface area contributed by atoms with Gasteiger partial charge in [0.1, 0.15) is 11.6 Å². The molecule has 17 heavy (non-hydrogen) atoms. The maximum absolute atomic E-state index is 11.9. The molecule has 0 saturated heterocycles. The van der Waals surface area contributed by atoms with E-state index in [0.29, 0.717) is 12.3 Å². The lowest BCUT2D eigenvalue weighted by molar-refractivity contribution is -0.159. The van der Waals surface area contributed by atoms with Gasteiger partial charge in [-0.2, -0.15) is 0 Å². The van der Waals surface area contributed by atoms with E-state index in [1.807, 2.05) is 6.92 Å². The third-order valence-electron chi connectivity index (χ3n) is 3.82. The number of ether oxygens (including phenoxy) is 1. The summed E-state index contributed by atoms with van der Waals surface area (Å²) in [6, 6.07) is 0. The predicted octanol–water partition coefficient (Wildman–Crippen LogP) is 2.87. The molecule has 2 N–H and O–H groups in total. The summed E-state index contributed by atoms with van der Waals surface area (Å²) in [5.74, 6) is 0.358. The van der Waals surface area contributed by atoms with Crippen LogP contribution in [0.2, 0.25) is 0 Å². The van der Waals surface area contributed by atoms with E-state index in [0.717, 1.165) is 12.8 Å². The summed E-state index contributed by atoms with van der Waals surface area (Å²) in [7, 11) is 0. The van der Waals surface area contributed by atoms with Crippen molar-refractivity contribution >= 4 is 5.97 Å². The summed E-state index contributed by atoms with van der Waals surface area (Å²) in [5.41, 5.74) is 5.33. The highest BCUT2D eigenvalue weighted by Crippen LogP contribution is 2.39. The molecule has 0 aromatic carbocycles. The van der Waals surface area contributed by atoms with Gasteiger partial charge in [0, 0.05) is 0 Å². The molecule has 1 aliphatic carbocycles. The van der Waals surface area contributed by atoms with Crippen molar-refractivity contribution in [2.45, 2.75) is 71.9 Å². The van der Waals surface area contributed by atoms with E-state index in [1.54, 1.807) is 6.92 Å². The van der Waals surface area contributed by atoms with Crippen LogP contribution in [0.25, 0.3) is 0 Å². The first-order valence-corrected chi connectivity index (χ1v) is 6.66. The van der Waals surface area contributed by atoms with Crippen molar-refractivity contribution in [2.75, 3.05) is 0 Å². The van der Waals surface area contributed by atoms with Crippen LogP contribution in [0.15, 0.2) is 0 Å². The van der Waals surface area contributed by atoms with Crippen LogP contribution in [0.4, 0.5) is 0 Å². The highest BCUT2D eigenvalue weighted by Gasteiger charge is 2.36. The summed E-state index contributed by atoms with van der Waals surface area (Å²) in [6.07, 6.45) is 3.76. The molecule has 1 rings (SSSR count). The fraction of sp³-hybridized carbons (Fsp3) is 0.929. The van der Waals surface area contributed by atoms with Crippen LogP contribution in [-0.4, -0.2) is 17.6 Å².